The number of aryl methyl sites for hydroxylation is 1. The Morgan fingerprint density at radius 2 is 1.76 bits per heavy atom. The Hall–Kier alpha value is -1.66. The maximum atomic E-state index is 13.4. The molecule has 4 aliphatic carbocycles. The fraction of sp³-hybridized carbons (Fsp3) is 0.722. The largest absolute Gasteiger partial charge is 0.412 e. The van der Waals surface area contributed by atoms with E-state index >= 15 is 0 Å². The van der Waals surface area contributed by atoms with Crippen LogP contribution in [0.1, 0.15) is 50.1 Å². The molecule has 1 aromatic heterocycles. The predicted molar refractivity (Wildman–Crippen MR) is 86.8 cm³/mol. The number of nitrogens with one attached hydrogen (secondary N) is 2. The minimum absolute atomic E-state index is 0.0515. The first-order valence-corrected chi connectivity index (χ1v) is 9.00. The van der Waals surface area contributed by atoms with Crippen molar-refractivity contribution in [1.29, 1.82) is 0 Å². The molecule has 4 bridgehead atoms. The molecule has 138 valence electrons. The third-order valence-corrected chi connectivity index (χ3v) is 6.21. The molecule has 4 saturated carbocycles. The van der Waals surface area contributed by atoms with Gasteiger partial charge in [0.15, 0.2) is 6.04 Å². The average molecular weight is 355 g/mol. The molecule has 1 aromatic rings. The Morgan fingerprint density at radius 1 is 1.20 bits per heavy atom. The van der Waals surface area contributed by atoms with Gasteiger partial charge in [0, 0.05) is 30.5 Å². The van der Waals surface area contributed by atoms with Crippen LogP contribution in [0.4, 0.5) is 18.0 Å². The predicted octanol–water partition coefficient (Wildman–Crippen LogP) is 3.90. The quantitative estimate of drug-likeness (QED) is 0.849. The lowest BCUT2D eigenvalue weighted by molar-refractivity contribution is -0.155. The molecule has 2 N–H and O–H groups in total. The minimum Gasteiger partial charge on any atom is -0.357 e. The van der Waals surface area contributed by atoms with Crippen LogP contribution in [0.15, 0.2) is 18.5 Å². The SMILES string of the molecule is Cn1ccc(C(NC(=O)NC23CC4CC(CC(C4)C2)C3)C(F)(F)F)c1. The molecule has 4 nitrogen and oxygen atoms in total. The Bertz CT molecular complexity index is 631. The number of alkyl halides is 3. The van der Waals surface area contributed by atoms with Gasteiger partial charge < -0.3 is 15.2 Å². The van der Waals surface area contributed by atoms with E-state index in [-0.39, 0.29) is 11.1 Å². The molecule has 1 heterocycles. The lowest BCUT2D eigenvalue weighted by Gasteiger charge is -2.56. The summed E-state index contributed by atoms with van der Waals surface area (Å²) in [4.78, 5) is 12.4. The number of rotatable bonds is 3. The van der Waals surface area contributed by atoms with Gasteiger partial charge in [0.05, 0.1) is 0 Å². The van der Waals surface area contributed by atoms with Gasteiger partial charge in [-0.2, -0.15) is 13.2 Å². The number of halogens is 3. The molecule has 5 rings (SSSR count). The zero-order chi connectivity index (χ0) is 17.8. The van der Waals surface area contributed by atoms with Gasteiger partial charge in [-0.05, 0) is 62.3 Å². The van der Waals surface area contributed by atoms with Gasteiger partial charge in [0.25, 0.3) is 0 Å². The van der Waals surface area contributed by atoms with Gasteiger partial charge in [-0.3, -0.25) is 0 Å². The number of carbonyl (C=O) groups excluding carboxylic acids is 1. The van der Waals surface area contributed by atoms with Crippen molar-refractivity contribution in [3.8, 4) is 0 Å². The van der Waals surface area contributed by atoms with E-state index in [1.54, 1.807) is 17.8 Å². The van der Waals surface area contributed by atoms with Gasteiger partial charge in [-0.1, -0.05) is 0 Å². The maximum Gasteiger partial charge on any atom is 0.412 e. The van der Waals surface area contributed by atoms with Crippen LogP contribution >= 0.6 is 0 Å². The monoisotopic (exact) mass is 355 g/mol. The molecule has 4 aliphatic rings. The van der Waals surface area contributed by atoms with Gasteiger partial charge >= 0.3 is 12.2 Å². The number of amides is 2. The van der Waals surface area contributed by atoms with Crippen LogP contribution in [0.25, 0.3) is 0 Å². The summed E-state index contributed by atoms with van der Waals surface area (Å²) in [5.74, 6) is 1.87. The molecule has 7 heteroatoms. The number of hydrogen-bond acceptors (Lipinski definition) is 1. The molecule has 0 spiro atoms. The Morgan fingerprint density at radius 3 is 2.20 bits per heavy atom. The molecule has 4 fully saturated rings. The van der Waals surface area contributed by atoms with Crippen LogP contribution in [0.3, 0.4) is 0 Å². The Balaban J connectivity index is 1.47. The number of hydrogen-bond donors (Lipinski definition) is 2. The topological polar surface area (TPSA) is 46.1 Å². The third-order valence-electron chi connectivity index (χ3n) is 6.21. The third kappa shape index (κ3) is 3.25. The van der Waals surface area contributed by atoms with Crippen LogP contribution in [0.2, 0.25) is 0 Å². The summed E-state index contributed by atoms with van der Waals surface area (Å²) in [6.07, 6.45) is 4.81. The number of aromatic nitrogens is 1. The molecule has 0 saturated heterocycles. The van der Waals surface area contributed by atoms with E-state index in [1.165, 1.54) is 31.5 Å². The van der Waals surface area contributed by atoms with Crippen molar-refractivity contribution in [3.63, 3.8) is 0 Å². The Kier molecular flexibility index (Phi) is 3.81. The second-order valence-corrected chi connectivity index (χ2v) is 8.38. The molecular formula is C18H24F3N3O. The molecule has 0 aromatic carbocycles. The highest BCUT2D eigenvalue weighted by atomic mass is 19.4. The van der Waals surface area contributed by atoms with Crippen LogP contribution in [0, 0.1) is 17.8 Å². The molecule has 1 atom stereocenters. The summed E-state index contributed by atoms with van der Waals surface area (Å²) in [5, 5.41) is 5.12. The van der Waals surface area contributed by atoms with Gasteiger partial charge in [-0.15, -0.1) is 0 Å². The average Bonchev–Trinajstić information content (AvgIpc) is 2.87. The summed E-state index contributed by atoms with van der Waals surface area (Å²) in [7, 11) is 1.66. The van der Waals surface area contributed by atoms with Crippen LogP contribution < -0.4 is 10.6 Å². The highest BCUT2D eigenvalue weighted by molar-refractivity contribution is 5.75. The van der Waals surface area contributed by atoms with Crippen molar-refractivity contribution >= 4 is 6.03 Å². The number of nitrogens with zero attached hydrogens (tertiary/aromatic N) is 1. The Labute approximate surface area is 145 Å². The zero-order valence-electron chi connectivity index (χ0n) is 14.3. The van der Waals surface area contributed by atoms with E-state index < -0.39 is 18.2 Å². The van der Waals surface area contributed by atoms with Gasteiger partial charge in [-0.25, -0.2) is 4.79 Å². The zero-order valence-corrected chi connectivity index (χ0v) is 14.3. The van der Waals surface area contributed by atoms with E-state index in [0.717, 1.165) is 19.3 Å². The molecule has 0 aliphatic heterocycles. The highest BCUT2D eigenvalue weighted by Crippen LogP contribution is 2.55. The van der Waals surface area contributed by atoms with E-state index in [9.17, 15) is 18.0 Å². The number of urea groups is 1. The van der Waals surface area contributed by atoms with E-state index in [1.807, 2.05) is 0 Å². The molecule has 2 amide bonds. The lowest BCUT2D eigenvalue weighted by atomic mass is 9.53. The van der Waals surface area contributed by atoms with E-state index in [4.69, 9.17) is 0 Å². The first-order chi connectivity index (χ1) is 11.7. The second kappa shape index (κ2) is 5.68. The lowest BCUT2D eigenvalue weighted by Crippen LogP contribution is -2.62. The normalized spacial score (nSPS) is 34.8. The van der Waals surface area contributed by atoms with E-state index in [0.29, 0.717) is 17.8 Å². The van der Waals surface area contributed by atoms with Crippen LogP contribution in [-0.4, -0.2) is 22.3 Å². The van der Waals surface area contributed by atoms with E-state index in [2.05, 4.69) is 10.6 Å². The smallest absolute Gasteiger partial charge is 0.357 e. The van der Waals surface area contributed by atoms with Crippen molar-refractivity contribution in [3.05, 3.63) is 24.0 Å². The second-order valence-electron chi connectivity index (χ2n) is 8.38. The number of carbonyl (C=O) groups is 1. The molecular weight excluding hydrogens is 331 g/mol. The summed E-state index contributed by atoms with van der Waals surface area (Å²) >= 11 is 0. The van der Waals surface area contributed by atoms with Crippen LogP contribution in [0.5, 0.6) is 0 Å². The summed E-state index contributed by atoms with van der Waals surface area (Å²) in [6, 6.07) is -1.29. The summed E-state index contributed by atoms with van der Waals surface area (Å²) in [5.41, 5.74) is -0.248. The fourth-order valence-electron chi connectivity index (χ4n) is 5.72. The molecule has 1 unspecified atom stereocenters. The van der Waals surface area contributed by atoms with Crippen LogP contribution in [-0.2, 0) is 7.05 Å². The van der Waals surface area contributed by atoms with Crippen molar-refractivity contribution in [2.24, 2.45) is 24.8 Å². The van der Waals surface area contributed by atoms with Gasteiger partial charge in [0.2, 0.25) is 0 Å². The fourth-order valence-corrected chi connectivity index (χ4v) is 5.72. The summed E-state index contributed by atoms with van der Waals surface area (Å²) in [6.45, 7) is 0. The standard InChI is InChI=1S/C18H24F3N3O/c1-24-3-2-14(10-24)15(18(19,20)21)22-16(25)23-17-7-11-4-12(8-17)6-13(5-11)9-17/h2-3,10-13,15H,4-9H2,1H3,(H2,22,23,25). The summed E-state index contributed by atoms with van der Waals surface area (Å²) < 4.78 is 41.8. The molecule has 0 radical (unpaired) electrons. The minimum atomic E-state index is -4.53. The van der Waals surface area contributed by atoms with Crippen molar-refractivity contribution in [1.82, 2.24) is 15.2 Å². The van der Waals surface area contributed by atoms with Crippen molar-refractivity contribution < 1.29 is 18.0 Å². The highest BCUT2D eigenvalue weighted by Gasteiger charge is 2.52. The first-order valence-electron chi connectivity index (χ1n) is 9.00. The van der Waals surface area contributed by atoms with Crippen molar-refractivity contribution in [2.75, 3.05) is 0 Å². The maximum absolute atomic E-state index is 13.4. The molecule has 25 heavy (non-hydrogen) atoms. The van der Waals surface area contributed by atoms with Crippen molar-refractivity contribution in [2.45, 2.75) is 56.3 Å². The van der Waals surface area contributed by atoms with Gasteiger partial charge in [0.1, 0.15) is 0 Å². The first kappa shape index (κ1) is 16.8.